The van der Waals surface area contributed by atoms with Crippen molar-refractivity contribution in [3.8, 4) is 0 Å². The highest BCUT2D eigenvalue weighted by Crippen LogP contribution is 2.00. The molecule has 0 saturated carbocycles. The van der Waals surface area contributed by atoms with Gasteiger partial charge in [0.2, 0.25) is 0 Å². The Labute approximate surface area is 105 Å². The lowest BCUT2D eigenvalue weighted by Crippen LogP contribution is -2.43. The van der Waals surface area contributed by atoms with Crippen LogP contribution in [0.3, 0.4) is 0 Å². The van der Waals surface area contributed by atoms with Gasteiger partial charge in [-0.15, -0.1) is 0 Å². The van der Waals surface area contributed by atoms with E-state index in [0.717, 1.165) is 5.56 Å². The van der Waals surface area contributed by atoms with Crippen LogP contribution in [-0.2, 0) is 4.79 Å². The predicted octanol–water partition coefficient (Wildman–Crippen LogP) is 1.12. The number of amides is 1. The molecular formula is C12H13N3OS. The number of nitrogens with one attached hydrogen (secondary N) is 2. The standard InChI is InChI=1S/C12H13N3OS/c13-12(17)15-14-11(16)9-5-4-8-10-6-2-1-3-7-10/h1-9H,(H,14,16)(H3,13,15,17)/b8-4-,9-5+. The molecule has 1 aromatic carbocycles. The molecule has 0 aliphatic rings. The third kappa shape index (κ3) is 6.11. The van der Waals surface area contributed by atoms with E-state index < -0.39 is 0 Å². The van der Waals surface area contributed by atoms with Crippen molar-refractivity contribution in [2.75, 3.05) is 0 Å². The number of allylic oxidation sites excluding steroid dienone is 2. The third-order valence-corrected chi connectivity index (χ3v) is 1.86. The van der Waals surface area contributed by atoms with Crippen LogP contribution in [0, 0.1) is 0 Å². The molecule has 0 radical (unpaired) electrons. The maximum atomic E-state index is 11.1. The van der Waals surface area contributed by atoms with Crippen LogP contribution in [0.15, 0.2) is 48.6 Å². The number of nitrogens with two attached hydrogens (primary N) is 1. The number of thiocarbonyl (C=S) groups is 1. The highest BCUT2D eigenvalue weighted by molar-refractivity contribution is 7.80. The molecule has 0 atom stereocenters. The van der Waals surface area contributed by atoms with Crippen LogP contribution in [-0.4, -0.2) is 11.0 Å². The van der Waals surface area contributed by atoms with Crippen LogP contribution in [0.2, 0.25) is 0 Å². The Morgan fingerprint density at radius 1 is 1.18 bits per heavy atom. The molecule has 0 fully saturated rings. The number of carbonyl (C=O) groups is 1. The smallest absolute Gasteiger partial charge is 0.262 e. The third-order valence-electron chi connectivity index (χ3n) is 1.76. The van der Waals surface area contributed by atoms with Gasteiger partial charge in [-0.05, 0) is 17.8 Å². The monoisotopic (exact) mass is 247 g/mol. The molecule has 17 heavy (non-hydrogen) atoms. The van der Waals surface area contributed by atoms with Crippen molar-refractivity contribution >= 4 is 29.3 Å². The molecule has 1 aromatic rings. The lowest BCUT2D eigenvalue weighted by molar-refractivity contribution is -0.117. The molecule has 0 unspecified atom stereocenters. The molecule has 4 nitrogen and oxygen atoms in total. The van der Waals surface area contributed by atoms with Gasteiger partial charge in [-0.3, -0.25) is 15.6 Å². The van der Waals surface area contributed by atoms with E-state index in [0.29, 0.717) is 0 Å². The lowest BCUT2D eigenvalue weighted by atomic mass is 10.2. The van der Waals surface area contributed by atoms with E-state index in [-0.39, 0.29) is 11.0 Å². The number of hydrogen-bond acceptors (Lipinski definition) is 2. The Kier molecular flexibility index (Phi) is 5.46. The van der Waals surface area contributed by atoms with Crippen molar-refractivity contribution < 1.29 is 4.79 Å². The normalized spacial score (nSPS) is 10.6. The number of rotatable bonds is 3. The predicted molar refractivity (Wildman–Crippen MR) is 72.7 cm³/mol. The van der Waals surface area contributed by atoms with E-state index in [1.54, 1.807) is 12.2 Å². The van der Waals surface area contributed by atoms with Gasteiger partial charge in [-0.25, -0.2) is 0 Å². The van der Waals surface area contributed by atoms with E-state index >= 15 is 0 Å². The van der Waals surface area contributed by atoms with Crippen molar-refractivity contribution in [3.05, 3.63) is 54.1 Å². The molecule has 88 valence electrons. The van der Waals surface area contributed by atoms with Crippen LogP contribution in [0.25, 0.3) is 6.08 Å². The first-order chi connectivity index (χ1) is 8.18. The molecular weight excluding hydrogens is 234 g/mol. The molecule has 0 aliphatic heterocycles. The van der Waals surface area contributed by atoms with Crippen LogP contribution in [0.5, 0.6) is 0 Å². The topological polar surface area (TPSA) is 67.2 Å². The van der Waals surface area contributed by atoms with Crippen molar-refractivity contribution in [3.63, 3.8) is 0 Å². The van der Waals surface area contributed by atoms with Gasteiger partial charge in [0.05, 0.1) is 0 Å². The fourth-order valence-corrected chi connectivity index (χ4v) is 1.09. The summed E-state index contributed by atoms with van der Waals surface area (Å²) < 4.78 is 0. The first-order valence-electron chi connectivity index (χ1n) is 4.93. The van der Waals surface area contributed by atoms with Gasteiger partial charge in [-0.2, -0.15) is 0 Å². The Morgan fingerprint density at radius 3 is 2.53 bits per heavy atom. The molecule has 0 spiro atoms. The lowest BCUT2D eigenvalue weighted by Gasteiger charge is -2.01. The average Bonchev–Trinajstić information content (AvgIpc) is 2.33. The summed E-state index contributed by atoms with van der Waals surface area (Å²) in [4.78, 5) is 11.1. The van der Waals surface area contributed by atoms with Crippen LogP contribution < -0.4 is 16.6 Å². The Balaban J connectivity index is 2.37. The average molecular weight is 247 g/mol. The summed E-state index contributed by atoms with van der Waals surface area (Å²) in [5.74, 6) is -0.324. The fourth-order valence-electron chi connectivity index (χ4n) is 1.04. The van der Waals surface area contributed by atoms with Gasteiger partial charge in [0, 0.05) is 6.08 Å². The molecule has 0 heterocycles. The minimum absolute atomic E-state index is 0.0200. The van der Waals surface area contributed by atoms with E-state index in [9.17, 15) is 4.79 Å². The molecule has 4 N–H and O–H groups in total. The molecule has 1 rings (SSSR count). The zero-order valence-corrected chi connectivity index (χ0v) is 9.91. The van der Waals surface area contributed by atoms with Gasteiger partial charge in [-0.1, -0.05) is 48.6 Å². The maximum Gasteiger partial charge on any atom is 0.262 e. The highest BCUT2D eigenvalue weighted by atomic mass is 32.1. The van der Waals surface area contributed by atoms with Crippen LogP contribution in [0.4, 0.5) is 0 Å². The molecule has 0 saturated heterocycles. The fraction of sp³-hybridized carbons (Fsp3) is 0. The summed E-state index contributed by atoms with van der Waals surface area (Å²) in [6.07, 6.45) is 6.66. The van der Waals surface area contributed by atoms with Gasteiger partial charge in [0.25, 0.3) is 5.91 Å². The Bertz CT molecular complexity index is 440. The largest absolute Gasteiger partial charge is 0.375 e. The quantitative estimate of drug-likeness (QED) is 0.324. The Morgan fingerprint density at radius 2 is 1.88 bits per heavy atom. The summed E-state index contributed by atoms with van der Waals surface area (Å²) >= 11 is 4.53. The molecule has 1 amide bonds. The number of benzene rings is 1. The maximum absolute atomic E-state index is 11.1. The number of carbonyl (C=O) groups excluding carboxylic acids is 1. The summed E-state index contributed by atoms with van der Waals surface area (Å²) in [5, 5.41) is 0.0200. The number of hydrazine groups is 1. The van der Waals surface area contributed by atoms with Crippen molar-refractivity contribution in [2.24, 2.45) is 5.73 Å². The van der Waals surface area contributed by atoms with Crippen LogP contribution >= 0.6 is 12.2 Å². The van der Waals surface area contributed by atoms with E-state index in [1.165, 1.54) is 6.08 Å². The van der Waals surface area contributed by atoms with Crippen molar-refractivity contribution in [1.82, 2.24) is 10.9 Å². The summed E-state index contributed by atoms with van der Waals surface area (Å²) in [7, 11) is 0. The molecule has 0 aromatic heterocycles. The zero-order chi connectivity index (χ0) is 12.5. The second kappa shape index (κ2) is 7.19. The van der Waals surface area contributed by atoms with Crippen molar-refractivity contribution in [2.45, 2.75) is 0 Å². The van der Waals surface area contributed by atoms with Gasteiger partial charge in [0.1, 0.15) is 0 Å². The minimum atomic E-state index is -0.324. The zero-order valence-electron chi connectivity index (χ0n) is 9.09. The van der Waals surface area contributed by atoms with Crippen molar-refractivity contribution in [1.29, 1.82) is 0 Å². The van der Waals surface area contributed by atoms with E-state index in [2.05, 4.69) is 23.1 Å². The molecule has 0 aliphatic carbocycles. The summed E-state index contributed by atoms with van der Waals surface area (Å²) in [6.45, 7) is 0. The SMILES string of the molecule is NC(=S)NNC(=O)/C=C/C=C\c1ccccc1. The van der Waals surface area contributed by atoms with Gasteiger partial charge >= 0.3 is 0 Å². The van der Waals surface area contributed by atoms with E-state index in [4.69, 9.17) is 5.73 Å². The Hall–Kier alpha value is -2.14. The van der Waals surface area contributed by atoms with E-state index in [1.807, 2.05) is 36.4 Å². The minimum Gasteiger partial charge on any atom is -0.375 e. The van der Waals surface area contributed by atoms with Crippen LogP contribution in [0.1, 0.15) is 5.56 Å². The van der Waals surface area contributed by atoms with Gasteiger partial charge in [0.15, 0.2) is 5.11 Å². The first-order valence-corrected chi connectivity index (χ1v) is 5.34. The van der Waals surface area contributed by atoms with Gasteiger partial charge < -0.3 is 5.73 Å². The highest BCUT2D eigenvalue weighted by Gasteiger charge is 1.91. The summed E-state index contributed by atoms with van der Waals surface area (Å²) in [6, 6.07) is 9.78. The summed E-state index contributed by atoms with van der Waals surface area (Å²) in [5.41, 5.74) is 10.9. The second-order valence-electron chi connectivity index (χ2n) is 3.11. The first kappa shape index (κ1) is 12.9. The number of hydrogen-bond donors (Lipinski definition) is 3. The molecule has 0 bridgehead atoms. The second-order valence-corrected chi connectivity index (χ2v) is 3.55. The molecule has 5 heteroatoms.